The molecule has 1 aromatic carbocycles. The van der Waals surface area contributed by atoms with Crippen molar-refractivity contribution in [3.8, 4) is 5.88 Å². The molecule has 0 saturated carbocycles. The summed E-state index contributed by atoms with van der Waals surface area (Å²) >= 11 is 0. The highest BCUT2D eigenvalue weighted by atomic mass is 32.2. The van der Waals surface area contributed by atoms with E-state index in [1.165, 1.54) is 19.2 Å². The van der Waals surface area contributed by atoms with Crippen molar-refractivity contribution in [2.24, 2.45) is 0 Å². The Bertz CT molecular complexity index is 821. The summed E-state index contributed by atoms with van der Waals surface area (Å²) in [5.41, 5.74) is 6.37. The molecule has 0 aliphatic carbocycles. The van der Waals surface area contributed by atoms with Gasteiger partial charge < -0.3 is 14.7 Å². The number of anilines is 2. The molecule has 0 atom stereocenters. The molecule has 0 fully saturated rings. The highest BCUT2D eigenvalue weighted by Crippen LogP contribution is 2.20. The molecule has 1 aromatic heterocycles. The van der Waals surface area contributed by atoms with E-state index in [4.69, 9.17) is 9.92 Å². The van der Waals surface area contributed by atoms with Crippen LogP contribution in [0.1, 0.15) is 5.56 Å². The minimum absolute atomic E-state index is 0.0391. The lowest BCUT2D eigenvalue weighted by atomic mass is 10.2. The first-order valence-electron chi connectivity index (χ1n) is 6.31. The highest BCUT2D eigenvalue weighted by Gasteiger charge is 2.18. The first-order chi connectivity index (χ1) is 10.8. The number of nitrogens with one attached hydrogen (secondary N) is 1. The topological polar surface area (TPSA) is 134 Å². The first kappa shape index (κ1) is 16.5. The zero-order valence-corrected chi connectivity index (χ0v) is 13.1. The van der Waals surface area contributed by atoms with Gasteiger partial charge in [-0.1, -0.05) is 17.7 Å². The van der Waals surface area contributed by atoms with E-state index in [1.54, 1.807) is 12.1 Å². The van der Waals surface area contributed by atoms with Crippen LogP contribution in [0.3, 0.4) is 0 Å². The Morgan fingerprint density at radius 3 is 2.48 bits per heavy atom. The Balaban J connectivity index is 2.28. The predicted molar refractivity (Wildman–Crippen MR) is 81.5 cm³/mol. The summed E-state index contributed by atoms with van der Waals surface area (Å²) in [5, 5.41) is 2.24. The van der Waals surface area contributed by atoms with Crippen LogP contribution in [-0.4, -0.2) is 31.6 Å². The fraction of sp³-hybridized carbons (Fsp3) is 0.154. The van der Waals surface area contributed by atoms with Gasteiger partial charge in [0.05, 0.1) is 7.11 Å². The molecule has 0 bridgehead atoms. The van der Waals surface area contributed by atoms with E-state index < -0.39 is 16.2 Å². The van der Waals surface area contributed by atoms with Gasteiger partial charge in [-0.15, -0.1) is 0 Å². The second-order valence-electron chi connectivity index (χ2n) is 4.42. The van der Waals surface area contributed by atoms with Crippen LogP contribution in [-0.2, 0) is 14.9 Å². The summed E-state index contributed by atoms with van der Waals surface area (Å²) < 4.78 is 33.7. The number of nitrogen functional groups attached to an aromatic ring is 1. The van der Waals surface area contributed by atoms with E-state index in [9.17, 15) is 13.2 Å². The van der Waals surface area contributed by atoms with Crippen molar-refractivity contribution < 1.29 is 22.1 Å². The number of aromatic nitrogens is 2. The van der Waals surface area contributed by atoms with E-state index >= 15 is 0 Å². The fourth-order valence-corrected chi connectivity index (χ4v) is 2.45. The average molecular weight is 338 g/mol. The van der Waals surface area contributed by atoms with E-state index in [0.717, 1.165) is 11.6 Å². The third-order valence-corrected chi connectivity index (χ3v) is 3.88. The molecular formula is C13H14N4O5S. The van der Waals surface area contributed by atoms with Gasteiger partial charge in [0, 0.05) is 6.07 Å². The third-order valence-electron chi connectivity index (χ3n) is 2.64. The number of hydrogen-bond acceptors (Lipinski definition) is 8. The maximum absolute atomic E-state index is 12.2. The number of amides is 1. The van der Waals surface area contributed by atoms with Gasteiger partial charge in [-0.25, -0.2) is 4.79 Å². The number of nitrogens with zero attached hydrogens (tertiary/aromatic N) is 2. The summed E-state index contributed by atoms with van der Waals surface area (Å²) in [6.07, 6.45) is -0.796. The average Bonchev–Trinajstić information content (AvgIpc) is 2.46. The zero-order chi connectivity index (χ0) is 17.0. The lowest BCUT2D eigenvalue weighted by Gasteiger charge is -2.08. The number of nitrogens with two attached hydrogens (primary N) is 1. The van der Waals surface area contributed by atoms with Crippen molar-refractivity contribution in [3.63, 3.8) is 0 Å². The van der Waals surface area contributed by atoms with Crippen LogP contribution in [0.5, 0.6) is 5.88 Å². The lowest BCUT2D eigenvalue weighted by molar-refractivity contribution is 0.187. The number of hydrogen-bond donors (Lipinski definition) is 2. The van der Waals surface area contributed by atoms with E-state index in [2.05, 4.69) is 20.0 Å². The molecule has 1 amide bonds. The molecule has 0 aliphatic heterocycles. The van der Waals surface area contributed by atoms with Gasteiger partial charge in [0.1, 0.15) is 10.7 Å². The molecule has 23 heavy (non-hydrogen) atoms. The van der Waals surface area contributed by atoms with Gasteiger partial charge in [0.2, 0.25) is 11.8 Å². The normalized spacial score (nSPS) is 10.9. The van der Waals surface area contributed by atoms with E-state index in [1.807, 2.05) is 6.92 Å². The molecule has 2 rings (SSSR count). The van der Waals surface area contributed by atoms with E-state index in [-0.39, 0.29) is 22.5 Å². The van der Waals surface area contributed by atoms with Gasteiger partial charge in [0.25, 0.3) is 0 Å². The Hall–Kier alpha value is -2.88. The number of carbonyl (C=O) groups is 1. The van der Waals surface area contributed by atoms with Crippen molar-refractivity contribution in [1.29, 1.82) is 0 Å². The van der Waals surface area contributed by atoms with E-state index in [0.29, 0.717) is 0 Å². The lowest BCUT2D eigenvalue weighted by Crippen LogP contribution is -2.15. The highest BCUT2D eigenvalue weighted by molar-refractivity contribution is 7.87. The van der Waals surface area contributed by atoms with Crippen LogP contribution in [0.15, 0.2) is 35.2 Å². The van der Waals surface area contributed by atoms with Crippen molar-refractivity contribution in [3.05, 3.63) is 35.9 Å². The number of aryl methyl sites for hydroxylation is 1. The SMILES string of the molecule is COC(=O)Nc1cc(OS(=O)(=O)c2ccc(C)cc2)nc(N)n1. The minimum atomic E-state index is -4.09. The van der Waals surface area contributed by atoms with Crippen LogP contribution in [0.4, 0.5) is 16.6 Å². The Morgan fingerprint density at radius 2 is 1.87 bits per heavy atom. The molecule has 0 saturated heterocycles. The number of methoxy groups -OCH3 is 1. The monoisotopic (exact) mass is 338 g/mol. The van der Waals surface area contributed by atoms with Crippen LogP contribution in [0, 0.1) is 6.92 Å². The molecule has 10 heteroatoms. The smallest absolute Gasteiger partial charge is 0.412 e. The number of ether oxygens (including phenoxy) is 1. The largest absolute Gasteiger partial charge is 0.453 e. The third kappa shape index (κ3) is 4.30. The van der Waals surface area contributed by atoms with Gasteiger partial charge in [-0.05, 0) is 19.1 Å². The number of rotatable bonds is 4. The molecule has 3 N–H and O–H groups in total. The number of carbonyl (C=O) groups excluding carboxylic acids is 1. The second kappa shape index (κ2) is 6.48. The Kier molecular flexibility index (Phi) is 4.65. The first-order valence-corrected chi connectivity index (χ1v) is 7.71. The Morgan fingerprint density at radius 1 is 1.22 bits per heavy atom. The number of benzene rings is 1. The molecule has 0 radical (unpaired) electrons. The van der Waals surface area contributed by atoms with Crippen molar-refractivity contribution >= 4 is 28.0 Å². The molecule has 0 aliphatic rings. The van der Waals surface area contributed by atoms with Crippen molar-refractivity contribution in [1.82, 2.24) is 9.97 Å². The Labute approximate surface area is 132 Å². The van der Waals surface area contributed by atoms with Crippen molar-refractivity contribution in [2.75, 3.05) is 18.2 Å². The van der Waals surface area contributed by atoms with Crippen LogP contribution in [0.25, 0.3) is 0 Å². The molecule has 2 aromatic rings. The summed E-state index contributed by atoms with van der Waals surface area (Å²) in [7, 11) is -2.92. The molecule has 9 nitrogen and oxygen atoms in total. The molecular weight excluding hydrogens is 324 g/mol. The van der Waals surface area contributed by atoms with Gasteiger partial charge in [0.15, 0.2) is 0 Å². The minimum Gasteiger partial charge on any atom is -0.453 e. The summed E-state index contributed by atoms with van der Waals surface area (Å²) in [4.78, 5) is 18.5. The van der Waals surface area contributed by atoms with Gasteiger partial charge in [-0.2, -0.15) is 18.4 Å². The maximum atomic E-state index is 12.2. The van der Waals surface area contributed by atoms with Crippen molar-refractivity contribution in [2.45, 2.75) is 11.8 Å². The molecule has 122 valence electrons. The van der Waals surface area contributed by atoms with Crippen LogP contribution >= 0.6 is 0 Å². The molecule has 0 spiro atoms. The standard InChI is InChI=1S/C13H14N4O5S/c1-8-3-5-9(6-4-8)23(19,20)22-11-7-10(15-12(14)17-11)16-13(18)21-2/h3-7H,1-2H3,(H3,14,15,16,17,18). The second-order valence-corrected chi connectivity index (χ2v) is 5.96. The summed E-state index contributed by atoms with van der Waals surface area (Å²) in [5.74, 6) is -0.657. The molecule has 0 unspecified atom stereocenters. The summed E-state index contributed by atoms with van der Waals surface area (Å²) in [6.45, 7) is 1.83. The maximum Gasteiger partial charge on any atom is 0.412 e. The van der Waals surface area contributed by atoms with Gasteiger partial charge in [-0.3, -0.25) is 5.32 Å². The fourth-order valence-electron chi connectivity index (χ4n) is 1.57. The van der Waals surface area contributed by atoms with Crippen LogP contribution in [0.2, 0.25) is 0 Å². The van der Waals surface area contributed by atoms with Gasteiger partial charge >= 0.3 is 16.2 Å². The summed E-state index contributed by atoms with van der Waals surface area (Å²) in [6, 6.07) is 7.19. The van der Waals surface area contributed by atoms with Crippen LogP contribution < -0.4 is 15.2 Å². The molecule has 1 heterocycles. The predicted octanol–water partition coefficient (Wildman–Crippen LogP) is 1.31. The quantitative estimate of drug-likeness (QED) is 0.797. The zero-order valence-electron chi connectivity index (χ0n) is 12.3.